The third kappa shape index (κ3) is 5.89. The molecule has 6 heteroatoms. The molecule has 0 aliphatic heterocycles. The van der Waals surface area contributed by atoms with Crippen LogP contribution in [-0.2, 0) is 4.79 Å². The fourth-order valence-corrected chi connectivity index (χ4v) is 2.02. The van der Waals surface area contributed by atoms with Gasteiger partial charge in [-0.3, -0.25) is 4.79 Å². The average molecular weight is 389 g/mol. The zero-order valence-electron chi connectivity index (χ0n) is 12.9. The molecule has 1 N–H and O–H groups in total. The van der Waals surface area contributed by atoms with Crippen LogP contribution in [0.25, 0.3) is 0 Å². The maximum absolute atomic E-state index is 11.7. The minimum Gasteiger partial charge on any atom is -0.489 e. The number of carbonyl (C=O) groups is 1. The van der Waals surface area contributed by atoms with Crippen molar-refractivity contribution >= 4 is 28.1 Å². The molecule has 0 fully saturated rings. The van der Waals surface area contributed by atoms with Gasteiger partial charge in [-0.15, -0.1) is 0 Å². The van der Waals surface area contributed by atoms with Crippen LogP contribution in [0.15, 0.2) is 70.8 Å². The number of para-hydroxylation sites is 1. The molecule has 0 saturated carbocycles. The van der Waals surface area contributed by atoms with E-state index in [1.807, 2.05) is 36.4 Å². The van der Waals surface area contributed by atoms with E-state index < -0.39 is 0 Å². The molecule has 0 bridgehead atoms. The van der Waals surface area contributed by atoms with Gasteiger partial charge >= 0.3 is 0 Å². The third-order valence-corrected chi connectivity index (χ3v) is 3.38. The molecule has 0 aliphatic rings. The van der Waals surface area contributed by atoms with E-state index >= 15 is 0 Å². The number of hydrazone groups is 1. The van der Waals surface area contributed by atoms with Crippen LogP contribution in [0, 0.1) is 0 Å². The Kier molecular flexibility index (Phi) is 7.04. The largest absolute Gasteiger partial charge is 0.489 e. The summed E-state index contributed by atoms with van der Waals surface area (Å²) >= 11 is 3.33. The summed E-state index contributed by atoms with van der Waals surface area (Å²) in [6, 6.07) is 14.6. The molecule has 0 atom stereocenters. The minimum atomic E-state index is -0.348. The highest BCUT2D eigenvalue weighted by atomic mass is 79.9. The van der Waals surface area contributed by atoms with Crippen molar-refractivity contribution in [2.24, 2.45) is 5.10 Å². The van der Waals surface area contributed by atoms with E-state index in [0.717, 1.165) is 10.0 Å². The van der Waals surface area contributed by atoms with E-state index in [9.17, 15) is 4.79 Å². The predicted octanol–water partition coefficient (Wildman–Crippen LogP) is 3.54. The Balaban J connectivity index is 1.83. The molecule has 0 aromatic heterocycles. The number of benzene rings is 2. The van der Waals surface area contributed by atoms with Gasteiger partial charge in [0.1, 0.15) is 18.1 Å². The zero-order chi connectivity index (χ0) is 17.2. The number of ether oxygens (including phenoxy) is 2. The number of hydrogen-bond acceptors (Lipinski definition) is 4. The fraction of sp³-hybridized carbons (Fsp3) is 0.111. The summed E-state index contributed by atoms with van der Waals surface area (Å²) in [5.41, 5.74) is 3.17. The fourth-order valence-electron chi connectivity index (χ4n) is 1.75. The van der Waals surface area contributed by atoms with Gasteiger partial charge in [-0.2, -0.15) is 5.10 Å². The number of amides is 1. The molecule has 1 amide bonds. The Labute approximate surface area is 149 Å². The van der Waals surface area contributed by atoms with Gasteiger partial charge in [0.25, 0.3) is 5.91 Å². The highest BCUT2D eigenvalue weighted by Gasteiger charge is 2.02. The highest BCUT2D eigenvalue weighted by Crippen LogP contribution is 2.16. The first-order valence-electron chi connectivity index (χ1n) is 7.22. The van der Waals surface area contributed by atoms with E-state index in [1.165, 1.54) is 6.21 Å². The number of nitrogens with one attached hydrogen (secondary N) is 1. The molecule has 2 aromatic rings. The normalized spacial score (nSPS) is 10.4. The second kappa shape index (κ2) is 9.52. The van der Waals surface area contributed by atoms with Crippen LogP contribution in [-0.4, -0.2) is 25.3 Å². The van der Waals surface area contributed by atoms with E-state index in [2.05, 4.69) is 33.0 Å². The van der Waals surface area contributed by atoms with E-state index in [-0.39, 0.29) is 12.5 Å². The number of nitrogens with zero attached hydrogens (tertiary/aromatic N) is 1. The Bertz CT molecular complexity index is 714. The van der Waals surface area contributed by atoms with Crippen LogP contribution in [0.3, 0.4) is 0 Å². The molecule has 0 heterocycles. The first kappa shape index (κ1) is 17.7. The number of halogens is 1. The molecule has 0 radical (unpaired) electrons. The van der Waals surface area contributed by atoms with Crippen molar-refractivity contribution < 1.29 is 14.3 Å². The van der Waals surface area contributed by atoms with Gasteiger partial charge in [0, 0.05) is 10.0 Å². The zero-order valence-corrected chi connectivity index (χ0v) is 14.5. The molecule has 24 heavy (non-hydrogen) atoms. The van der Waals surface area contributed by atoms with Crippen LogP contribution in [0.5, 0.6) is 11.5 Å². The summed E-state index contributed by atoms with van der Waals surface area (Å²) in [5.74, 6) is 0.931. The average Bonchev–Trinajstić information content (AvgIpc) is 2.60. The highest BCUT2D eigenvalue weighted by molar-refractivity contribution is 9.10. The molecular weight excluding hydrogens is 372 g/mol. The molecule has 0 unspecified atom stereocenters. The topological polar surface area (TPSA) is 59.9 Å². The van der Waals surface area contributed by atoms with Crippen molar-refractivity contribution in [1.82, 2.24) is 5.43 Å². The number of hydrogen-bond donors (Lipinski definition) is 1. The van der Waals surface area contributed by atoms with Crippen LogP contribution in [0.4, 0.5) is 0 Å². The summed E-state index contributed by atoms with van der Waals surface area (Å²) in [7, 11) is 0. The molecule has 0 saturated heterocycles. The number of carbonyl (C=O) groups excluding carboxylic acids is 1. The van der Waals surface area contributed by atoms with E-state index in [0.29, 0.717) is 18.1 Å². The molecule has 124 valence electrons. The minimum absolute atomic E-state index is 0.117. The van der Waals surface area contributed by atoms with Gasteiger partial charge in [-0.25, -0.2) is 5.43 Å². The Morgan fingerprint density at radius 3 is 2.67 bits per heavy atom. The summed E-state index contributed by atoms with van der Waals surface area (Å²) in [5, 5.41) is 3.92. The van der Waals surface area contributed by atoms with Crippen molar-refractivity contribution in [3.8, 4) is 11.5 Å². The molecule has 5 nitrogen and oxygen atoms in total. The SMILES string of the molecule is C=CCOc1ccccc1/C=N/NC(=O)COc1ccc(Br)cc1. The summed E-state index contributed by atoms with van der Waals surface area (Å²) in [6.45, 7) is 3.89. The van der Waals surface area contributed by atoms with Crippen LogP contribution < -0.4 is 14.9 Å². The Morgan fingerprint density at radius 1 is 1.17 bits per heavy atom. The predicted molar refractivity (Wildman–Crippen MR) is 97.5 cm³/mol. The van der Waals surface area contributed by atoms with Gasteiger partial charge in [-0.05, 0) is 36.4 Å². The molecule has 0 aliphatic carbocycles. The molecular formula is C18H17BrN2O3. The maximum atomic E-state index is 11.7. The summed E-state index contributed by atoms with van der Waals surface area (Å²) in [6.07, 6.45) is 3.19. The second-order valence-corrected chi connectivity index (χ2v) is 5.59. The molecule has 0 spiro atoms. The van der Waals surface area contributed by atoms with Crippen molar-refractivity contribution in [3.05, 3.63) is 71.2 Å². The van der Waals surface area contributed by atoms with Crippen LogP contribution in [0.1, 0.15) is 5.56 Å². The van der Waals surface area contributed by atoms with Crippen molar-refractivity contribution in [3.63, 3.8) is 0 Å². The Hall–Kier alpha value is -2.60. The molecule has 2 rings (SSSR count). The van der Waals surface area contributed by atoms with Gasteiger partial charge in [0.05, 0.1) is 6.21 Å². The number of rotatable bonds is 8. The van der Waals surface area contributed by atoms with Crippen molar-refractivity contribution in [1.29, 1.82) is 0 Å². The van der Waals surface area contributed by atoms with E-state index in [4.69, 9.17) is 9.47 Å². The molecule has 2 aromatic carbocycles. The Morgan fingerprint density at radius 2 is 1.92 bits per heavy atom. The first-order valence-corrected chi connectivity index (χ1v) is 8.01. The maximum Gasteiger partial charge on any atom is 0.277 e. The van der Waals surface area contributed by atoms with Crippen molar-refractivity contribution in [2.45, 2.75) is 0 Å². The van der Waals surface area contributed by atoms with Crippen LogP contribution in [0.2, 0.25) is 0 Å². The lowest BCUT2D eigenvalue weighted by Crippen LogP contribution is -2.24. The van der Waals surface area contributed by atoms with Crippen molar-refractivity contribution in [2.75, 3.05) is 13.2 Å². The second-order valence-electron chi connectivity index (χ2n) is 4.67. The van der Waals surface area contributed by atoms with Gasteiger partial charge in [0.15, 0.2) is 6.61 Å². The third-order valence-electron chi connectivity index (χ3n) is 2.85. The van der Waals surface area contributed by atoms with Crippen LogP contribution >= 0.6 is 15.9 Å². The van der Waals surface area contributed by atoms with E-state index in [1.54, 1.807) is 18.2 Å². The standard InChI is InChI=1S/C18H17BrN2O3/c1-2-11-23-17-6-4-3-5-14(17)12-20-21-18(22)13-24-16-9-7-15(19)8-10-16/h2-10,12H,1,11,13H2,(H,21,22)/b20-12+. The lowest BCUT2D eigenvalue weighted by atomic mass is 10.2. The lowest BCUT2D eigenvalue weighted by molar-refractivity contribution is -0.123. The monoisotopic (exact) mass is 388 g/mol. The van der Waals surface area contributed by atoms with Gasteiger partial charge in [-0.1, -0.05) is 40.7 Å². The smallest absolute Gasteiger partial charge is 0.277 e. The van der Waals surface area contributed by atoms with Gasteiger partial charge < -0.3 is 9.47 Å². The summed E-state index contributed by atoms with van der Waals surface area (Å²) in [4.78, 5) is 11.7. The first-order chi connectivity index (χ1) is 11.7. The van der Waals surface area contributed by atoms with Gasteiger partial charge in [0.2, 0.25) is 0 Å². The summed E-state index contributed by atoms with van der Waals surface area (Å²) < 4.78 is 11.8. The quantitative estimate of drug-likeness (QED) is 0.427. The lowest BCUT2D eigenvalue weighted by Gasteiger charge is -2.06.